The van der Waals surface area contributed by atoms with E-state index in [2.05, 4.69) is 5.32 Å². The van der Waals surface area contributed by atoms with E-state index < -0.39 is 6.04 Å². The summed E-state index contributed by atoms with van der Waals surface area (Å²) in [5.74, 6) is -0.392. The fourth-order valence-electron chi connectivity index (χ4n) is 4.26. The van der Waals surface area contributed by atoms with Crippen LogP contribution < -0.4 is 10.2 Å². The van der Waals surface area contributed by atoms with Crippen molar-refractivity contribution in [3.05, 3.63) is 29.8 Å². The molecule has 25 heavy (non-hydrogen) atoms. The Hall–Kier alpha value is -2.37. The van der Waals surface area contributed by atoms with Crippen molar-refractivity contribution in [1.82, 2.24) is 10.2 Å². The van der Waals surface area contributed by atoms with Crippen molar-refractivity contribution >= 4 is 23.4 Å². The summed E-state index contributed by atoms with van der Waals surface area (Å²) in [6, 6.07) is 6.88. The van der Waals surface area contributed by atoms with Gasteiger partial charge in [-0.25, -0.2) is 0 Å². The monoisotopic (exact) mass is 341 g/mol. The fourth-order valence-corrected chi connectivity index (χ4v) is 4.26. The molecule has 1 saturated carbocycles. The minimum Gasteiger partial charge on any atom is -0.352 e. The number of para-hydroxylation sites is 1. The second-order valence-corrected chi connectivity index (χ2v) is 7.15. The maximum atomic E-state index is 13.1. The Morgan fingerprint density at radius 1 is 1.08 bits per heavy atom. The van der Waals surface area contributed by atoms with Crippen molar-refractivity contribution in [2.24, 2.45) is 0 Å². The van der Waals surface area contributed by atoms with Crippen LogP contribution in [-0.4, -0.2) is 47.8 Å². The molecule has 1 aromatic rings. The lowest BCUT2D eigenvalue weighted by atomic mass is 10.1. The zero-order chi connectivity index (χ0) is 17.4. The molecule has 2 fully saturated rings. The molecule has 1 aromatic carbocycles. The van der Waals surface area contributed by atoms with Crippen LogP contribution in [-0.2, 0) is 9.59 Å². The molecule has 3 aliphatic rings. The molecule has 2 aliphatic heterocycles. The summed E-state index contributed by atoms with van der Waals surface area (Å²) in [7, 11) is 0. The standard InChI is InChI=1S/C19H23N3O3/c23-17(20-13-6-1-2-7-13)12-22-15-9-4-3-8-14(15)18(24)21-11-5-10-16(21)19(22)25/h3-4,8-9,13,16H,1-2,5-7,10-12H2,(H,20,23)/t16-/m1/s1. The number of carbonyl (C=O) groups is 3. The molecule has 6 nitrogen and oxygen atoms in total. The fraction of sp³-hybridized carbons (Fsp3) is 0.526. The third kappa shape index (κ3) is 2.90. The van der Waals surface area contributed by atoms with Crippen molar-refractivity contribution in [2.75, 3.05) is 18.0 Å². The normalized spacial score (nSPS) is 23.4. The van der Waals surface area contributed by atoms with E-state index in [0.717, 1.165) is 32.1 Å². The van der Waals surface area contributed by atoms with Crippen molar-refractivity contribution in [1.29, 1.82) is 0 Å². The van der Waals surface area contributed by atoms with E-state index in [9.17, 15) is 14.4 Å². The van der Waals surface area contributed by atoms with Crippen LogP contribution in [0.25, 0.3) is 0 Å². The van der Waals surface area contributed by atoms with Gasteiger partial charge in [0, 0.05) is 12.6 Å². The van der Waals surface area contributed by atoms with E-state index in [0.29, 0.717) is 24.2 Å². The molecule has 6 heteroatoms. The van der Waals surface area contributed by atoms with E-state index in [1.165, 1.54) is 4.90 Å². The first kappa shape index (κ1) is 16.1. The zero-order valence-corrected chi connectivity index (χ0v) is 14.2. The number of rotatable bonds is 3. The third-order valence-electron chi connectivity index (χ3n) is 5.51. The second-order valence-electron chi connectivity index (χ2n) is 7.15. The molecule has 0 bridgehead atoms. The van der Waals surface area contributed by atoms with E-state index in [1.807, 2.05) is 0 Å². The highest BCUT2D eigenvalue weighted by Crippen LogP contribution is 2.32. The van der Waals surface area contributed by atoms with E-state index >= 15 is 0 Å². The molecule has 1 aliphatic carbocycles. The molecule has 0 unspecified atom stereocenters. The molecule has 4 rings (SSSR count). The predicted octanol–water partition coefficient (Wildman–Crippen LogP) is 1.70. The maximum absolute atomic E-state index is 13.1. The number of anilines is 1. The number of amides is 3. The average molecular weight is 341 g/mol. The number of carbonyl (C=O) groups excluding carboxylic acids is 3. The van der Waals surface area contributed by atoms with Gasteiger partial charge < -0.3 is 15.1 Å². The Balaban J connectivity index is 1.62. The van der Waals surface area contributed by atoms with Gasteiger partial charge in [0.05, 0.1) is 11.3 Å². The molecule has 0 aromatic heterocycles. The molecule has 1 saturated heterocycles. The van der Waals surface area contributed by atoms with Gasteiger partial charge in [-0.15, -0.1) is 0 Å². The summed E-state index contributed by atoms with van der Waals surface area (Å²) in [5.41, 5.74) is 1.06. The van der Waals surface area contributed by atoms with Gasteiger partial charge in [0.15, 0.2) is 0 Å². The molecular weight excluding hydrogens is 318 g/mol. The van der Waals surface area contributed by atoms with E-state index in [-0.39, 0.29) is 30.3 Å². The van der Waals surface area contributed by atoms with E-state index in [1.54, 1.807) is 29.2 Å². The Morgan fingerprint density at radius 2 is 1.84 bits per heavy atom. The quantitative estimate of drug-likeness (QED) is 0.910. The molecule has 1 atom stereocenters. The third-order valence-corrected chi connectivity index (χ3v) is 5.51. The van der Waals surface area contributed by atoms with Crippen LogP contribution in [0.3, 0.4) is 0 Å². The summed E-state index contributed by atoms with van der Waals surface area (Å²) < 4.78 is 0. The zero-order valence-electron chi connectivity index (χ0n) is 14.2. The highest BCUT2D eigenvalue weighted by Gasteiger charge is 2.42. The van der Waals surface area contributed by atoms with Gasteiger partial charge in [0.25, 0.3) is 5.91 Å². The van der Waals surface area contributed by atoms with Crippen LogP contribution in [0.15, 0.2) is 24.3 Å². The summed E-state index contributed by atoms with van der Waals surface area (Å²) in [5, 5.41) is 3.04. The number of nitrogens with one attached hydrogen (secondary N) is 1. The Bertz CT molecular complexity index is 712. The Labute approximate surface area is 147 Å². The number of fused-ring (bicyclic) bond motifs is 2. The topological polar surface area (TPSA) is 69.7 Å². The lowest BCUT2D eigenvalue weighted by Gasteiger charge is -2.26. The van der Waals surface area contributed by atoms with Crippen molar-refractivity contribution in [3.8, 4) is 0 Å². The highest BCUT2D eigenvalue weighted by molar-refractivity contribution is 6.12. The van der Waals surface area contributed by atoms with Gasteiger partial charge in [-0.1, -0.05) is 25.0 Å². The lowest BCUT2D eigenvalue weighted by Crippen LogP contribution is -2.49. The molecule has 132 valence electrons. The van der Waals surface area contributed by atoms with Crippen LogP contribution >= 0.6 is 0 Å². The number of nitrogens with zero attached hydrogens (tertiary/aromatic N) is 2. The van der Waals surface area contributed by atoms with Crippen LogP contribution in [0.5, 0.6) is 0 Å². The van der Waals surface area contributed by atoms with Gasteiger partial charge >= 0.3 is 0 Å². The number of hydrogen-bond donors (Lipinski definition) is 1. The van der Waals surface area contributed by atoms with Crippen LogP contribution in [0.1, 0.15) is 48.9 Å². The summed E-state index contributed by atoms with van der Waals surface area (Å²) in [4.78, 5) is 41.6. The van der Waals surface area contributed by atoms with Gasteiger partial charge in [0.2, 0.25) is 11.8 Å². The first-order valence-electron chi connectivity index (χ1n) is 9.16. The minimum absolute atomic E-state index is 0.0238. The SMILES string of the molecule is O=C(CN1C(=O)[C@H]2CCCN2C(=O)c2ccccc21)NC1CCCC1. The summed E-state index contributed by atoms with van der Waals surface area (Å²) in [6.45, 7) is 0.579. The second kappa shape index (κ2) is 6.50. The average Bonchev–Trinajstić information content (AvgIpc) is 3.28. The first-order chi connectivity index (χ1) is 12.1. The van der Waals surface area contributed by atoms with Gasteiger partial charge in [-0.2, -0.15) is 0 Å². The van der Waals surface area contributed by atoms with Crippen molar-refractivity contribution < 1.29 is 14.4 Å². The first-order valence-corrected chi connectivity index (χ1v) is 9.16. The largest absolute Gasteiger partial charge is 0.352 e. The van der Waals surface area contributed by atoms with Crippen molar-refractivity contribution in [3.63, 3.8) is 0 Å². The Morgan fingerprint density at radius 3 is 2.64 bits per heavy atom. The van der Waals surface area contributed by atoms with Crippen LogP contribution in [0, 0.1) is 0 Å². The molecule has 0 radical (unpaired) electrons. The van der Waals surface area contributed by atoms with Gasteiger partial charge in [-0.05, 0) is 37.8 Å². The molecular formula is C19H23N3O3. The molecule has 2 heterocycles. The van der Waals surface area contributed by atoms with Crippen LogP contribution in [0.2, 0.25) is 0 Å². The highest BCUT2D eigenvalue weighted by atomic mass is 16.2. The maximum Gasteiger partial charge on any atom is 0.256 e. The summed E-state index contributed by atoms with van der Waals surface area (Å²) >= 11 is 0. The smallest absolute Gasteiger partial charge is 0.256 e. The van der Waals surface area contributed by atoms with Crippen LogP contribution in [0.4, 0.5) is 5.69 Å². The Kier molecular flexibility index (Phi) is 4.19. The van der Waals surface area contributed by atoms with Crippen molar-refractivity contribution in [2.45, 2.75) is 50.6 Å². The summed E-state index contributed by atoms with van der Waals surface area (Å²) in [6.07, 6.45) is 5.78. The van der Waals surface area contributed by atoms with Gasteiger partial charge in [0.1, 0.15) is 12.6 Å². The molecule has 0 spiro atoms. The minimum atomic E-state index is -0.445. The number of benzene rings is 1. The lowest BCUT2D eigenvalue weighted by molar-refractivity contribution is -0.126. The molecule has 1 N–H and O–H groups in total. The van der Waals surface area contributed by atoms with Gasteiger partial charge in [-0.3, -0.25) is 14.4 Å². The molecule has 3 amide bonds. The number of hydrogen-bond acceptors (Lipinski definition) is 3. The van der Waals surface area contributed by atoms with E-state index in [4.69, 9.17) is 0 Å². The predicted molar refractivity (Wildman–Crippen MR) is 93.3 cm³/mol.